The molecular weight excluding hydrogens is 338 g/mol. The predicted octanol–water partition coefficient (Wildman–Crippen LogP) is 2.91. The maximum atomic E-state index is 11.0. The Morgan fingerprint density at radius 2 is 1.85 bits per heavy atom. The Labute approximate surface area is 150 Å². The molecule has 0 spiro atoms. The maximum Gasteiger partial charge on any atom is 0.407 e. The normalized spacial score (nSPS) is 14.7. The van der Waals surface area contributed by atoms with Crippen LogP contribution in [0.3, 0.4) is 0 Å². The summed E-state index contributed by atoms with van der Waals surface area (Å²) >= 11 is 0. The third-order valence-corrected chi connectivity index (χ3v) is 4.21. The van der Waals surface area contributed by atoms with E-state index < -0.39 is 6.09 Å². The molecule has 26 heavy (non-hydrogen) atoms. The average Bonchev–Trinajstić information content (AvgIpc) is 2.66. The molecule has 2 aromatic rings. The molecule has 1 amide bonds. The number of carbonyl (C=O) groups is 2. The third kappa shape index (κ3) is 4.08. The van der Waals surface area contributed by atoms with Gasteiger partial charge in [0.05, 0.1) is 5.56 Å². The lowest BCUT2D eigenvalue weighted by Crippen LogP contribution is -2.41. The number of carboxylic acid groups (broad SMARTS) is 1. The van der Waals surface area contributed by atoms with Crippen molar-refractivity contribution >= 4 is 12.4 Å². The van der Waals surface area contributed by atoms with Crippen molar-refractivity contribution < 1.29 is 24.2 Å². The van der Waals surface area contributed by atoms with E-state index in [1.165, 1.54) is 11.2 Å². The van der Waals surface area contributed by atoms with Crippen molar-refractivity contribution in [1.82, 2.24) is 14.9 Å². The number of amides is 1. The van der Waals surface area contributed by atoms with E-state index in [9.17, 15) is 9.59 Å². The Morgan fingerprint density at radius 1 is 1.19 bits per heavy atom. The molecule has 2 heterocycles. The molecule has 0 bridgehead atoms. The topological polar surface area (TPSA) is 102 Å². The van der Waals surface area contributed by atoms with Crippen LogP contribution in [-0.2, 0) is 0 Å². The lowest BCUT2D eigenvalue weighted by atomic mass is 10.1. The van der Waals surface area contributed by atoms with Crippen LogP contribution in [0.4, 0.5) is 4.79 Å². The van der Waals surface area contributed by atoms with Crippen LogP contribution in [0.25, 0.3) is 0 Å². The van der Waals surface area contributed by atoms with Crippen molar-refractivity contribution in [3.8, 4) is 17.5 Å². The largest absolute Gasteiger partial charge is 0.474 e. The fourth-order valence-corrected chi connectivity index (χ4v) is 2.69. The molecule has 0 aliphatic carbocycles. The first-order chi connectivity index (χ1) is 12.6. The summed E-state index contributed by atoms with van der Waals surface area (Å²) < 4.78 is 11.7. The van der Waals surface area contributed by atoms with Crippen molar-refractivity contribution in [3.05, 3.63) is 41.7 Å². The van der Waals surface area contributed by atoms with Gasteiger partial charge in [0.1, 0.15) is 24.5 Å². The van der Waals surface area contributed by atoms with Crippen LogP contribution in [0.15, 0.2) is 30.6 Å². The van der Waals surface area contributed by atoms with Gasteiger partial charge in [-0.1, -0.05) is 0 Å². The van der Waals surface area contributed by atoms with Gasteiger partial charge in [-0.2, -0.15) is 0 Å². The molecule has 0 saturated carbocycles. The zero-order valence-electron chi connectivity index (χ0n) is 14.3. The first kappa shape index (κ1) is 17.7. The molecule has 1 aromatic carbocycles. The SMILES string of the molecule is Cc1c(Oc2ccc(C=O)cc2)ncnc1OC1CCN(C(=O)O)CC1. The summed E-state index contributed by atoms with van der Waals surface area (Å²) in [7, 11) is 0. The van der Waals surface area contributed by atoms with Crippen molar-refractivity contribution in [2.45, 2.75) is 25.9 Å². The van der Waals surface area contributed by atoms with Gasteiger partial charge in [0.25, 0.3) is 0 Å². The van der Waals surface area contributed by atoms with E-state index >= 15 is 0 Å². The van der Waals surface area contributed by atoms with Crippen LogP contribution in [0.1, 0.15) is 28.8 Å². The Kier molecular flexibility index (Phi) is 5.31. The lowest BCUT2D eigenvalue weighted by Gasteiger charge is -2.30. The van der Waals surface area contributed by atoms with Crippen LogP contribution >= 0.6 is 0 Å². The number of hydrogen-bond acceptors (Lipinski definition) is 6. The van der Waals surface area contributed by atoms with Crippen LogP contribution in [0.5, 0.6) is 17.5 Å². The highest BCUT2D eigenvalue weighted by Gasteiger charge is 2.24. The van der Waals surface area contributed by atoms with Crippen molar-refractivity contribution in [3.63, 3.8) is 0 Å². The van der Waals surface area contributed by atoms with Gasteiger partial charge in [-0.25, -0.2) is 14.8 Å². The number of benzene rings is 1. The molecule has 8 heteroatoms. The van der Waals surface area contributed by atoms with Gasteiger partial charge >= 0.3 is 6.09 Å². The van der Waals surface area contributed by atoms with Crippen LogP contribution in [0, 0.1) is 6.92 Å². The Bertz CT molecular complexity index is 786. The number of hydrogen-bond donors (Lipinski definition) is 1. The highest BCUT2D eigenvalue weighted by molar-refractivity contribution is 5.74. The monoisotopic (exact) mass is 357 g/mol. The Hall–Kier alpha value is -3.16. The highest BCUT2D eigenvalue weighted by atomic mass is 16.5. The molecule has 0 atom stereocenters. The number of nitrogens with zero attached hydrogens (tertiary/aromatic N) is 3. The molecule has 1 aromatic heterocycles. The zero-order chi connectivity index (χ0) is 18.5. The van der Waals surface area contributed by atoms with E-state index in [4.69, 9.17) is 14.6 Å². The number of carbonyl (C=O) groups excluding carboxylic acids is 1. The number of aromatic nitrogens is 2. The van der Waals surface area contributed by atoms with E-state index in [0.29, 0.717) is 54.6 Å². The molecule has 0 unspecified atom stereocenters. The Balaban J connectivity index is 1.67. The molecule has 1 N–H and O–H groups in total. The van der Waals surface area contributed by atoms with Gasteiger partial charge < -0.3 is 19.5 Å². The molecule has 1 saturated heterocycles. The second kappa shape index (κ2) is 7.81. The van der Waals surface area contributed by atoms with E-state index in [2.05, 4.69) is 9.97 Å². The molecule has 136 valence electrons. The van der Waals surface area contributed by atoms with Gasteiger partial charge in [0, 0.05) is 31.5 Å². The van der Waals surface area contributed by atoms with E-state index in [-0.39, 0.29) is 6.10 Å². The summed E-state index contributed by atoms with van der Waals surface area (Å²) in [5, 5.41) is 9.00. The summed E-state index contributed by atoms with van der Waals surface area (Å²) in [4.78, 5) is 31.4. The number of likely N-dealkylation sites (tertiary alicyclic amines) is 1. The number of ether oxygens (including phenoxy) is 2. The highest BCUT2D eigenvalue weighted by Crippen LogP contribution is 2.29. The van der Waals surface area contributed by atoms with E-state index in [0.717, 1.165) is 6.29 Å². The second-order valence-corrected chi connectivity index (χ2v) is 5.98. The Morgan fingerprint density at radius 3 is 2.46 bits per heavy atom. The quantitative estimate of drug-likeness (QED) is 0.821. The average molecular weight is 357 g/mol. The van der Waals surface area contributed by atoms with Gasteiger partial charge in [0.15, 0.2) is 0 Å². The third-order valence-electron chi connectivity index (χ3n) is 4.21. The first-order valence-corrected chi connectivity index (χ1v) is 8.26. The summed E-state index contributed by atoms with van der Waals surface area (Å²) in [6, 6.07) is 6.69. The standard InChI is InChI=1S/C18H19N3O5/c1-12-16(25-14-4-2-13(10-22)3-5-14)19-11-20-17(12)26-15-6-8-21(9-7-15)18(23)24/h2-5,10-11,15H,6-9H2,1H3,(H,23,24). The van der Waals surface area contributed by atoms with Crippen molar-refractivity contribution in [2.24, 2.45) is 0 Å². The molecular formula is C18H19N3O5. The number of rotatable bonds is 5. The minimum Gasteiger partial charge on any atom is -0.474 e. The lowest BCUT2D eigenvalue weighted by molar-refractivity contribution is 0.0864. The number of piperidine rings is 1. The van der Waals surface area contributed by atoms with Crippen LogP contribution in [-0.4, -0.2) is 51.5 Å². The summed E-state index contributed by atoms with van der Waals surface area (Å²) in [6.07, 6.45) is 2.35. The van der Waals surface area contributed by atoms with Crippen LogP contribution < -0.4 is 9.47 Å². The zero-order valence-corrected chi connectivity index (χ0v) is 14.3. The van der Waals surface area contributed by atoms with Gasteiger partial charge in [-0.15, -0.1) is 0 Å². The summed E-state index contributed by atoms with van der Waals surface area (Å²) in [5.41, 5.74) is 1.22. The number of aldehydes is 1. The minimum atomic E-state index is -0.905. The van der Waals surface area contributed by atoms with Crippen molar-refractivity contribution in [1.29, 1.82) is 0 Å². The van der Waals surface area contributed by atoms with Gasteiger partial charge in [0.2, 0.25) is 11.8 Å². The molecule has 1 aliphatic heterocycles. The summed E-state index contributed by atoms with van der Waals surface area (Å²) in [6.45, 7) is 2.68. The van der Waals surface area contributed by atoms with E-state index in [1.807, 2.05) is 0 Å². The minimum absolute atomic E-state index is 0.0982. The van der Waals surface area contributed by atoms with Gasteiger partial charge in [-0.3, -0.25) is 4.79 Å². The molecule has 8 nitrogen and oxygen atoms in total. The second-order valence-electron chi connectivity index (χ2n) is 5.98. The maximum absolute atomic E-state index is 11.0. The fourth-order valence-electron chi connectivity index (χ4n) is 2.69. The first-order valence-electron chi connectivity index (χ1n) is 8.26. The molecule has 1 fully saturated rings. The molecule has 1 aliphatic rings. The van der Waals surface area contributed by atoms with Gasteiger partial charge in [-0.05, 0) is 31.2 Å². The molecule has 3 rings (SSSR count). The van der Waals surface area contributed by atoms with E-state index in [1.54, 1.807) is 31.2 Å². The smallest absolute Gasteiger partial charge is 0.407 e. The van der Waals surface area contributed by atoms with Crippen LogP contribution in [0.2, 0.25) is 0 Å². The predicted molar refractivity (Wildman–Crippen MR) is 91.9 cm³/mol. The fraction of sp³-hybridized carbons (Fsp3) is 0.333. The van der Waals surface area contributed by atoms with Crippen molar-refractivity contribution in [2.75, 3.05) is 13.1 Å². The summed E-state index contributed by atoms with van der Waals surface area (Å²) in [5.74, 6) is 1.35. The molecule has 0 radical (unpaired) electrons.